The molecule has 0 spiro atoms. The van der Waals surface area contributed by atoms with Gasteiger partial charge in [0.1, 0.15) is 0 Å². The minimum Gasteiger partial charge on any atom is -0.396 e. The van der Waals surface area contributed by atoms with Gasteiger partial charge in [0.25, 0.3) is 0 Å². The molecule has 0 fully saturated rings. The Morgan fingerprint density at radius 3 is 2.58 bits per heavy atom. The molecule has 0 aliphatic rings. The van der Waals surface area contributed by atoms with E-state index in [1.54, 1.807) is 12.2 Å². The topological polar surface area (TPSA) is 40.5 Å². The van der Waals surface area contributed by atoms with E-state index in [0.29, 0.717) is 12.8 Å². The van der Waals surface area contributed by atoms with Crippen LogP contribution in [0.2, 0.25) is 0 Å². The van der Waals surface area contributed by atoms with Gasteiger partial charge in [-0.15, -0.1) is 0 Å². The number of aliphatic hydroxyl groups is 2. The molecule has 1 atom stereocenters. The zero-order chi connectivity index (χ0) is 14.2. The average Bonchev–Trinajstić information content (AvgIpc) is 2.41. The fourth-order valence-electron chi connectivity index (χ4n) is 1.56. The lowest BCUT2D eigenvalue weighted by Crippen LogP contribution is -2.01. The molecule has 0 aliphatic carbocycles. The van der Waals surface area contributed by atoms with Crippen LogP contribution in [0.3, 0.4) is 0 Å². The summed E-state index contributed by atoms with van der Waals surface area (Å²) < 4.78 is 0. The van der Waals surface area contributed by atoms with E-state index in [-0.39, 0.29) is 6.61 Å². The summed E-state index contributed by atoms with van der Waals surface area (Å²) in [7, 11) is 0. The summed E-state index contributed by atoms with van der Waals surface area (Å²) >= 11 is 0. The monoisotopic (exact) mass is 262 g/mol. The van der Waals surface area contributed by atoms with Gasteiger partial charge >= 0.3 is 0 Å². The van der Waals surface area contributed by atoms with Gasteiger partial charge in [0.05, 0.1) is 6.10 Å². The van der Waals surface area contributed by atoms with Crippen molar-refractivity contribution in [2.75, 3.05) is 6.61 Å². The van der Waals surface area contributed by atoms with Crippen molar-refractivity contribution in [3.63, 3.8) is 0 Å². The highest BCUT2D eigenvalue weighted by molar-refractivity contribution is 5.30. The van der Waals surface area contributed by atoms with E-state index in [2.05, 4.69) is 30.6 Å². The maximum Gasteiger partial charge on any atom is 0.0730 e. The van der Waals surface area contributed by atoms with Gasteiger partial charge in [0.2, 0.25) is 0 Å². The molecule has 2 nitrogen and oxygen atoms in total. The van der Waals surface area contributed by atoms with Crippen molar-refractivity contribution < 1.29 is 10.2 Å². The van der Waals surface area contributed by atoms with Crippen molar-refractivity contribution >= 4 is 0 Å². The maximum absolute atomic E-state index is 9.66. The molecule has 0 saturated heterocycles. The van der Waals surface area contributed by atoms with Crippen molar-refractivity contribution in [3.05, 3.63) is 12.2 Å². The van der Waals surface area contributed by atoms with Crippen LogP contribution in [0.25, 0.3) is 0 Å². The molecule has 0 aromatic carbocycles. The van der Waals surface area contributed by atoms with Gasteiger partial charge in [-0.25, -0.2) is 0 Å². The van der Waals surface area contributed by atoms with E-state index in [1.165, 1.54) is 25.7 Å². The van der Waals surface area contributed by atoms with Crippen LogP contribution in [-0.4, -0.2) is 22.9 Å². The number of aliphatic hydroxyl groups excluding tert-OH is 2. The zero-order valence-electron chi connectivity index (χ0n) is 12.0. The van der Waals surface area contributed by atoms with Gasteiger partial charge < -0.3 is 10.2 Å². The van der Waals surface area contributed by atoms with Crippen molar-refractivity contribution in [3.8, 4) is 23.7 Å². The molecule has 0 aliphatic heterocycles. The fourth-order valence-corrected chi connectivity index (χ4v) is 1.56. The van der Waals surface area contributed by atoms with Gasteiger partial charge in [-0.1, -0.05) is 50.9 Å². The first-order chi connectivity index (χ1) is 9.31. The fraction of sp³-hybridized carbons (Fsp3) is 0.647. The highest BCUT2D eigenvalue weighted by Gasteiger charge is 1.97. The molecule has 2 N–H and O–H groups in total. The predicted octanol–water partition coefficient (Wildman–Crippen LogP) is 3.04. The Morgan fingerprint density at radius 2 is 1.84 bits per heavy atom. The summed E-state index contributed by atoms with van der Waals surface area (Å²) in [6.07, 6.45) is 11.2. The Bertz CT molecular complexity index is 336. The number of hydrogen-bond donors (Lipinski definition) is 2. The minimum atomic E-state index is -0.390. The van der Waals surface area contributed by atoms with E-state index < -0.39 is 6.10 Å². The molecular formula is C17H26O2. The minimum absolute atomic E-state index is 0.173. The predicted molar refractivity (Wildman–Crippen MR) is 80.4 cm³/mol. The SMILES string of the molecule is CCCCCCCC(O)/C=C/C#CC#CCCCO. The lowest BCUT2D eigenvalue weighted by atomic mass is 10.1. The third kappa shape index (κ3) is 14.7. The standard InChI is InChI=1S/C17H26O2/c1-2-3-4-8-11-14-17(19)15-12-9-6-5-7-10-13-16-18/h12,15,17-19H,2-4,8,10-11,13-14,16H2,1H3/b15-12+. The first-order valence-electron chi connectivity index (χ1n) is 7.25. The second-order valence-electron chi connectivity index (χ2n) is 4.53. The summed E-state index contributed by atoms with van der Waals surface area (Å²) in [5, 5.41) is 18.2. The van der Waals surface area contributed by atoms with Crippen LogP contribution in [-0.2, 0) is 0 Å². The van der Waals surface area contributed by atoms with Crippen LogP contribution in [0.15, 0.2) is 12.2 Å². The zero-order valence-corrected chi connectivity index (χ0v) is 12.0. The molecule has 0 amide bonds. The summed E-state index contributed by atoms with van der Waals surface area (Å²) in [4.78, 5) is 0. The largest absolute Gasteiger partial charge is 0.396 e. The Morgan fingerprint density at radius 1 is 1.05 bits per heavy atom. The third-order valence-corrected chi connectivity index (χ3v) is 2.69. The average molecular weight is 262 g/mol. The lowest BCUT2D eigenvalue weighted by Gasteiger charge is -2.03. The van der Waals surface area contributed by atoms with Crippen LogP contribution >= 0.6 is 0 Å². The van der Waals surface area contributed by atoms with Gasteiger partial charge in [0, 0.05) is 13.0 Å². The summed E-state index contributed by atoms with van der Waals surface area (Å²) in [6.45, 7) is 2.37. The first kappa shape index (κ1) is 17.8. The Balaban J connectivity index is 3.62. The van der Waals surface area contributed by atoms with E-state index >= 15 is 0 Å². The molecule has 1 unspecified atom stereocenters. The molecule has 0 rings (SSSR count). The van der Waals surface area contributed by atoms with E-state index in [9.17, 15) is 5.11 Å². The number of hydrogen-bond acceptors (Lipinski definition) is 2. The number of unbranched alkanes of at least 4 members (excludes halogenated alkanes) is 5. The van der Waals surface area contributed by atoms with Crippen LogP contribution < -0.4 is 0 Å². The van der Waals surface area contributed by atoms with Gasteiger partial charge in [0.15, 0.2) is 0 Å². The van der Waals surface area contributed by atoms with Crippen molar-refractivity contribution in [2.45, 2.75) is 64.4 Å². The van der Waals surface area contributed by atoms with Crippen LogP contribution in [0.4, 0.5) is 0 Å². The second-order valence-corrected chi connectivity index (χ2v) is 4.53. The first-order valence-corrected chi connectivity index (χ1v) is 7.25. The summed E-state index contributed by atoms with van der Waals surface area (Å²) in [5.74, 6) is 11.0. The highest BCUT2D eigenvalue weighted by atomic mass is 16.3. The lowest BCUT2D eigenvalue weighted by molar-refractivity contribution is 0.208. The Labute approximate surface area is 117 Å². The van der Waals surface area contributed by atoms with Crippen molar-refractivity contribution in [1.29, 1.82) is 0 Å². The van der Waals surface area contributed by atoms with Crippen molar-refractivity contribution in [2.24, 2.45) is 0 Å². The molecule has 106 valence electrons. The molecule has 0 saturated carbocycles. The quantitative estimate of drug-likeness (QED) is 0.495. The number of rotatable bonds is 9. The Kier molecular flexibility index (Phi) is 13.9. The summed E-state index contributed by atoms with van der Waals surface area (Å²) in [5.41, 5.74) is 0. The van der Waals surface area contributed by atoms with E-state index in [1.807, 2.05) is 0 Å². The number of allylic oxidation sites excluding steroid dienone is 1. The molecular weight excluding hydrogens is 236 g/mol. The summed E-state index contributed by atoms with van der Waals surface area (Å²) in [6, 6.07) is 0. The molecule has 0 radical (unpaired) electrons. The normalized spacial score (nSPS) is 11.5. The highest BCUT2D eigenvalue weighted by Crippen LogP contribution is 2.07. The van der Waals surface area contributed by atoms with E-state index in [0.717, 1.165) is 12.8 Å². The Hall–Kier alpha value is -1.22. The van der Waals surface area contributed by atoms with Crippen LogP contribution in [0.1, 0.15) is 58.3 Å². The van der Waals surface area contributed by atoms with Crippen LogP contribution in [0, 0.1) is 23.7 Å². The van der Waals surface area contributed by atoms with Gasteiger partial charge in [-0.05, 0) is 36.8 Å². The molecule has 0 bridgehead atoms. The molecule has 0 heterocycles. The molecule has 2 heteroatoms. The molecule has 0 aromatic heterocycles. The van der Waals surface area contributed by atoms with Gasteiger partial charge in [-0.2, -0.15) is 0 Å². The van der Waals surface area contributed by atoms with Gasteiger partial charge in [-0.3, -0.25) is 0 Å². The van der Waals surface area contributed by atoms with E-state index in [4.69, 9.17) is 5.11 Å². The third-order valence-electron chi connectivity index (χ3n) is 2.69. The molecule has 19 heavy (non-hydrogen) atoms. The second kappa shape index (κ2) is 14.8. The van der Waals surface area contributed by atoms with Crippen molar-refractivity contribution in [1.82, 2.24) is 0 Å². The van der Waals surface area contributed by atoms with Crippen LogP contribution in [0.5, 0.6) is 0 Å². The smallest absolute Gasteiger partial charge is 0.0730 e. The maximum atomic E-state index is 9.66. The molecule has 0 aromatic rings.